The highest BCUT2D eigenvalue weighted by atomic mass is 14.9. The molecule has 3 heterocycles. The van der Waals surface area contributed by atoms with Crippen LogP contribution in [0.5, 0.6) is 0 Å². The Morgan fingerprint density at radius 1 is 1.05 bits per heavy atom. The Kier molecular flexibility index (Phi) is 2.93. The molecule has 4 heteroatoms. The predicted octanol–water partition coefficient (Wildman–Crippen LogP) is 2.71. The minimum Gasteiger partial charge on any atom is -0.323 e. The molecule has 3 rings (SSSR count). The van der Waals surface area contributed by atoms with Gasteiger partial charge in [-0.3, -0.25) is 4.98 Å². The van der Waals surface area contributed by atoms with E-state index < -0.39 is 0 Å². The van der Waals surface area contributed by atoms with Crippen molar-refractivity contribution in [3.8, 4) is 11.3 Å². The molecule has 1 atom stereocenters. The maximum atomic E-state index is 6.02. The van der Waals surface area contributed by atoms with Gasteiger partial charge in [0.2, 0.25) is 0 Å². The van der Waals surface area contributed by atoms with E-state index in [9.17, 15) is 0 Å². The molecule has 3 aromatic rings. The Morgan fingerprint density at radius 2 is 1.89 bits per heavy atom. The smallest absolute Gasteiger partial charge is 0.159 e. The summed E-state index contributed by atoms with van der Waals surface area (Å²) in [5.74, 6) is 0. The molecule has 2 N–H and O–H groups in total. The van der Waals surface area contributed by atoms with E-state index in [1.54, 1.807) is 12.4 Å². The summed E-state index contributed by atoms with van der Waals surface area (Å²) in [6.45, 7) is 1.92. The quantitative estimate of drug-likeness (QED) is 0.759. The number of fused-ring (bicyclic) bond motifs is 1. The van der Waals surface area contributed by atoms with Gasteiger partial charge in [-0.1, -0.05) is 6.07 Å². The van der Waals surface area contributed by atoms with Crippen molar-refractivity contribution < 1.29 is 0 Å². The maximum absolute atomic E-state index is 6.02. The van der Waals surface area contributed by atoms with E-state index in [0.717, 1.165) is 28.0 Å². The largest absolute Gasteiger partial charge is 0.323 e. The lowest BCUT2D eigenvalue weighted by Gasteiger charge is -2.12. The van der Waals surface area contributed by atoms with Crippen LogP contribution in [0.15, 0.2) is 48.8 Å². The van der Waals surface area contributed by atoms with Gasteiger partial charge in [-0.15, -0.1) is 0 Å². The van der Waals surface area contributed by atoms with Crippen molar-refractivity contribution >= 4 is 11.0 Å². The minimum atomic E-state index is -0.164. The van der Waals surface area contributed by atoms with E-state index in [1.165, 1.54) is 0 Å². The fourth-order valence-corrected chi connectivity index (χ4v) is 2.09. The molecular formula is C15H14N4. The van der Waals surface area contributed by atoms with Crippen LogP contribution in [-0.4, -0.2) is 15.0 Å². The van der Waals surface area contributed by atoms with Crippen LogP contribution in [0.2, 0.25) is 0 Å². The molecule has 0 unspecified atom stereocenters. The van der Waals surface area contributed by atoms with E-state index in [0.29, 0.717) is 0 Å². The van der Waals surface area contributed by atoms with E-state index in [1.807, 2.05) is 37.3 Å². The summed E-state index contributed by atoms with van der Waals surface area (Å²) in [4.78, 5) is 13.2. The highest BCUT2D eigenvalue weighted by Gasteiger charge is 2.13. The number of nitrogens with zero attached hydrogens (tertiary/aromatic N) is 3. The van der Waals surface area contributed by atoms with Crippen LogP contribution in [0.3, 0.4) is 0 Å². The topological polar surface area (TPSA) is 64.7 Å². The summed E-state index contributed by atoms with van der Waals surface area (Å²) in [5, 5.41) is 0.993. The Morgan fingerprint density at radius 3 is 2.63 bits per heavy atom. The predicted molar refractivity (Wildman–Crippen MR) is 75.4 cm³/mol. The van der Waals surface area contributed by atoms with E-state index in [-0.39, 0.29) is 6.04 Å². The lowest BCUT2D eigenvalue weighted by molar-refractivity contribution is 0.787. The normalized spacial score (nSPS) is 12.5. The fraction of sp³-hybridized carbons (Fsp3) is 0.133. The molecule has 0 amide bonds. The van der Waals surface area contributed by atoms with Crippen LogP contribution < -0.4 is 5.73 Å². The van der Waals surface area contributed by atoms with Crippen molar-refractivity contribution in [3.05, 3.63) is 54.5 Å². The molecule has 0 aromatic carbocycles. The second-order valence-corrected chi connectivity index (χ2v) is 4.47. The first kappa shape index (κ1) is 11.7. The maximum Gasteiger partial charge on any atom is 0.159 e. The Bertz CT molecular complexity index is 708. The standard InChI is InChI=1S/C15H14N4/c1-10(16)14-12(13-6-2-3-7-17-13)9-11-5-4-8-18-15(11)19-14/h2-10H,16H2,1H3/t10-/m1/s1. The molecule has 0 saturated carbocycles. The van der Waals surface area contributed by atoms with Crippen molar-refractivity contribution in [2.45, 2.75) is 13.0 Å². The third-order valence-electron chi connectivity index (χ3n) is 2.99. The molecule has 0 fully saturated rings. The van der Waals surface area contributed by atoms with E-state index >= 15 is 0 Å². The number of aromatic nitrogens is 3. The van der Waals surface area contributed by atoms with Gasteiger partial charge in [-0.05, 0) is 37.3 Å². The molecule has 0 saturated heterocycles. The molecule has 0 aliphatic rings. The van der Waals surface area contributed by atoms with Crippen molar-refractivity contribution in [1.29, 1.82) is 0 Å². The summed E-state index contributed by atoms with van der Waals surface area (Å²) >= 11 is 0. The highest BCUT2D eigenvalue weighted by molar-refractivity contribution is 5.81. The minimum absolute atomic E-state index is 0.164. The first-order valence-electron chi connectivity index (χ1n) is 6.18. The second-order valence-electron chi connectivity index (χ2n) is 4.47. The molecule has 19 heavy (non-hydrogen) atoms. The summed E-state index contributed by atoms with van der Waals surface area (Å²) in [7, 11) is 0. The summed E-state index contributed by atoms with van der Waals surface area (Å²) in [6.07, 6.45) is 3.51. The number of hydrogen-bond donors (Lipinski definition) is 1. The van der Waals surface area contributed by atoms with Crippen molar-refractivity contribution in [1.82, 2.24) is 15.0 Å². The molecule has 94 valence electrons. The van der Waals surface area contributed by atoms with Gasteiger partial charge >= 0.3 is 0 Å². The second kappa shape index (κ2) is 4.74. The van der Waals surface area contributed by atoms with Crippen LogP contribution >= 0.6 is 0 Å². The summed E-state index contributed by atoms with van der Waals surface area (Å²) < 4.78 is 0. The Hall–Kier alpha value is -2.33. The molecule has 0 bridgehead atoms. The van der Waals surface area contributed by atoms with Crippen molar-refractivity contribution in [2.75, 3.05) is 0 Å². The molecule has 0 spiro atoms. The van der Waals surface area contributed by atoms with Crippen molar-refractivity contribution in [2.24, 2.45) is 5.73 Å². The van der Waals surface area contributed by atoms with Crippen molar-refractivity contribution in [3.63, 3.8) is 0 Å². The van der Waals surface area contributed by atoms with E-state index in [4.69, 9.17) is 5.73 Å². The molecule has 0 aliphatic carbocycles. The molecule has 4 nitrogen and oxygen atoms in total. The average molecular weight is 250 g/mol. The van der Waals surface area contributed by atoms with E-state index in [2.05, 4.69) is 21.0 Å². The zero-order chi connectivity index (χ0) is 13.2. The molecular weight excluding hydrogens is 236 g/mol. The van der Waals surface area contributed by atoms with Gasteiger partial charge in [-0.2, -0.15) is 0 Å². The van der Waals surface area contributed by atoms with Crippen LogP contribution in [-0.2, 0) is 0 Å². The van der Waals surface area contributed by atoms with Crippen LogP contribution in [0.1, 0.15) is 18.7 Å². The van der Waals surface area contributed by atoms with Crippen LogP contribution in [0, 0.1) is 0 Å². The lowest BCUT2D eigenvalue weighted by Crippen LogP contribution is -2.10. The lowest BCUT2D eigenvalue weighted by atomic mass is 10.0. The number of nitrogens with two attached hydrogens (primary N) is 1. The first-order chi connectivity index (χ1) is 9.25. The van der Waals surface area contributed by atoms with Crippen LogP contribution in [0.4, 0.5) is 0 Å². The number of rotatable bonds is 2. The third-order valence-corrected chi connectivity index (χ3v) is 2.99. The fourth-order valence-electron chi connectivity index (χ4n) is 2.09. The van der Waals surface area contributed by atoms with Gasteiger partial charge in [0.15, 0.2) is 5.65 Å². The summed E-state index contributed by atoms with van der Waals surface area (Å²) in [6, 6.07) is 11.6. The monoisotopic (exact) mass is 250 g/mol. The number of pyridine rings is 3. The van der Waals surface area contributed by atoms with Gasteiger partial charge in [0.05, 0.1) is 11.4 Å². The van der Waals surface area contributed by atoms with Gasteiger partial charge in [0.1, 0.15) is 0 Å². The SMILES string of the molecule is C[C@@H](N)c1nc2ncccc2cc1-c1ccccn1. The molecule has 0 aliphatic heterocycles. The molecule has 3 aromatic heterocycles. The van der Waals surface area contributed by atoms with Gasteiger partial charge in [0.25, 0.3) is 0 Å². The Labute approximate surface area is 111 Å². The first-order valence-corrected chi connectivity index (χ1v) is 6.18. The Balaban J connectivity index is 2.30. The highest BCUT2D eigenvalue weighted by Crippen LogP contribution is 2.27. The average Bonchev–Trinajstić information content (AvgIpc) is 2.46. The zero-order valence-corrected chi connectivity index (χ0v) is 10.6. The number of hydrogen-bond acceptors (Lipinski definition) is 4. The summed E-state index contributed by atoms with van der Waals surface area (Å²) in [5.41, 5.74) is 9.42. The van der Waals surface area contributed by atoms with Gasteiger partial charge in [0, 0.05) is 29.4 Å². The van der Waals surface area contributed by atoms with Crippen LogP contribution in [0.25, 0.3) is 22.3 Å². The van der Waals surface area contributed by atoms with Gasteiger partial charge < -0.3 is 5.73 Å². The van der Waals surface area contributed by atoms with Gasteiger partial charge in [-0.25, -0.2) is 9.97 Å². The zero-order valence-electron chi connectivity index (χ0n) is 10.6. The third kappa shape index (κ3) is 2.18. The molecule has 0 radical (unpaired) electrons.